The molecule has 0 saturated carbocycles. The van der Waals surface area contributed by atoms with Gasteiger partial charge in [-0.3, -0.25) is 9.69 Å². The molecule has 0 saturated heterocycles. The van der Waals surface area contributed by atoms with Crippen LogP contribution in [0.4, 0.5) is 0 Å². The van der Waals surface area contributed by atoms with Crippen LogP contribution in [0.3, 0.4) is 0 Å². The van der Waals surface area contributed by atoms with Gasteiger partial charge in [-0.2, -0.15) is 0 Å². The van der Waals surface area contributed by atoms with E-state index >= 15 is 0 Å². The van der Waals surface area contributed by atoms with Crippen LogP contribution in [0, 0.1) is 0 Å². The second-order valence-corrected chi connectivity index (χ2v) is 7.80. The average Bonchev–Trinajstić information content (AvgIpc) is 2.42. The molecule has 5 nitrogen and oxygen atoms in total. The Balaban J connectivity index is 2.69. The zero-order valence-corrected chi connectivity index (χ0v) is 14.2. The molecule has 1 aromatic carbocycles. The van der Waals surface area contributed by atoms with E-state index in [1.165, 1.54) is 0 Å². The van der Waals surface area contributed by atoms with E-state index in [1.807, 2.05) is 23.1 Å². The Hall–Kier alpha value is -1.11. The normalized spacial score (nSPS) is 11.8. The summed E-state index contributed by atoms with van der Waals surface area (Å²) >= 11 is 6.14. The monoisotopic (exact) mass is 347 g/mol. The first kappa shape index (κ1) is 18.9. The van der Waals surface area contributed by atoms with Gasteiger partial charge in [0.2, 0.25) is 0 Å². The molecule has 0 unspecified atom stereocenters. The lowest BCUT2D eigenvalue weighted by Gasteiger charge is -2.22. The van der Waals surface area contributed by atoms with E-state index in [-0.39, 0.29) is 5.75 Å². The minimum Gasteiger partial charge on any atom is -0.480 e. The molecule has 0 amide bonds. The van der Waals surface area contributed by atoms with Crippen molar-refractivity contribution in [3.63, 3.8) is 0 Å². The Morgan fingerprint density at radius 3 is 2.55 bits per heavy atom. The van der Waals surface area contributed by atoms with Crippen LogP contribution in [0.25, 0.3) is 0 Å². The molecule has 7 heteroatoms. The second-order valence-electron chi connectivity index (χ2n) is 5.21. The quantitative estimate of drug-likeness (QED) is 0.703. The fourth-order valence-corrected chi connectivity index (χ4v) is 3.30. The van der Waals surface area contributed by atoms with Crippen molar-refractivity contribution in [3.05, 3.63) is 34.9 Å². The van der Waals surface area contributed by atoms with Crippen LogP contribution in [0.2, 0.25) is 5.02 Å². The lowest BCUT2D eigenvalue weighted by molar-refractivity contribution is -0.134. The van der Waals surface area contributed by atoms with Crippen molar-refractivity contribution < 1.29 is 18.3 Å². The number of hydrogen-bond donors (Lipinski definition) is 1. The standard InChI is InChI=1S/C15H22ClNO4S/c1-2-3-8-17(9-10-22(20,21)12-15(18)19)11-13-6-4-5-7-14(13)16/h4-7H,2-3,8-12H2,1H3,(H,18,19). The summed E-state index contributed by atoms with van der Waals surface area (Å²) in [5.41, 5.74) is 0.941. The number of sulfone groups is 1. The van der Waals surface area contributed by atoms with Gasteiger partial charge in [0, 0.05) is 18.1 Å². The van der Waals surface area contributed by atoms with Crippen molar-refractivity contribution in [3.8, 4) is 0 Å². The lowest BCUT2D eigenvalue weighted by Crippen LogP contribution is -2.32. The Bertz CT molecular complexity index is 589. The maximum Gasteiger partial charge on any atom is 0.318 e. The van der Waals surface area contributed by atoms with E-state index < -0.39 is 21.6 Å². The summed E-state index contributed by atoms with van der Waals surface area (Å²) in [5, 5.41) is 9.27. The van der Waals surface area contributed by atoms with Gasteiger partial charge in [0.05, 0.1) is 5.75 Å². The fraction of sp³-hybridized carbons (Fsp3) is 0.533. The smallest absolute Gasteiger partial charge is 0.318 e. The number of hydrogen-bond acceptors (Lipinski definition) is 4. The minimum absolute atomic E-state index is 0.159. The highest BCUT2D eigenvalue weighted by Gasteiger charge is 2.18. The average molecular weight is 348 g/mol. The molecule has 0 radical (unpaired) electrons. The Morgan fingerprint density at radius 2 is 1.95 bits per heavy atom. The molecule has 1 N–H and O–H groups in total. The number of halogens is 1. The molecule has 0 spiro atoms. The Kier molecular flexibility index (Phi) is 7.85. The van der Waals surface area contributed by atoms with Gasteiger partial charge in [-0.1, -0.05) is 43.1 Å². The highest BCUT2D eigenvalue weighted by atomic mass is 35.5. The molecular formula is C15H22ClNO4S. The van der Waals surface area contributed by atoms with E-state index in [4.69, 9.17) is 16.7 Å². The molecule has 0 aliphatic rings. The molecule has 22 heavy (non-hydrogen) atoms. The van der Waals surface area contributed by atoms with E-state index in [9.17, 15) is 13.2 Å². The van der Waals surface area contributed by atoms with E-state index in [0.29, 0.717) is 18.1 Å². The number of aliphatic carboxylic acids is 1. The third-order valence-electron chi connectivity index (χ3n) is 3.24. The van der Waals surface area contributed by atoms with Gasteiger partial charge < -0.3 is 5.11 Å². The largest absolute Gasteiger partial charge is 0.480 e. The highest BCUT2D eigenvalue weighted by Crippen LogP contribution is 2.17. The van der Waals surface area contributed by atoms with Crippen molar-refractivity contribution in [2.75, 3.05) is 24.6 Å². The molecular weight excluding hydrogens is 326 g/mol. The third kappa shape index (κ3) is 7.24. The summed E-state index contributed by atoms with van der Waals surface area (Å²) in [6.45, 7) is 3.68. The van der Waals surface area contributed by atoms with Crippen LogP contribution in [-0.4, -0.2) is 49.0 Å². The van der Waals surface area contributed by atoms with Crippen molar-refractivity contribution in [2.24, 2.45) is 0 Å². The molecule has 0 aliphatic carbocycles. The van der Waals surface area contributed by atoms with Gasteiger partial charge in [-0.05, 0) is 24.6 Å². The van der Waals surface area contributed by atoms with Crippen LogP contribution in [0.15, 0.2) is 24.3 Å². The molecule has 0 bridgehead atoms. The number of unbranched alkanes of at least 4 members (excludes halogenated alkanes) is 1. The highest BCUT2D eigenvalue weighted by molar-refractivity contribution is 7.92. The molecule has 0 aromatic heterocycles. The zero-order valence-electron chi connectivity index (χ0n) is 12.7. The van der Waals surface area contributed by atoms with Crippen LogP contribution in [0.5, 0.6) is 0 Å². The van der Waals surface area contributed by atoms with Crippen LogP contribution in [-0.2, 0) is 21.2 Å². The molecule has 0 atom stereocenters. The van der Waals surface area contributed by atoms with Crippen LogP contribution < -0.4 is 0 Å². The summed E-state index contributed by atoms with van der Waals surface area (Å²) in [4.78, 5) is 12.6. The maximum absolute atomic E-state index is 11.7. The molecule has 0 heterocycles. The van der Waals surface area contributed by atoms with Gasteiger partial charge in [0.25, 0.3) is 0 Å². The van der Waals surface area contributed by atoms with Crippen molar-refractivity contribution in [2.45, 2.75) is 26.3 Å². The fourth-order valence-electron chi connectivity index (χ4n) is 2.05. The van der Waals surface area contributed by atoms with E-state index in [2.05, 4.69) is 6.92 Å². The van der Waals surface area contributed by atoms with Crippen molar-refractivity contribution in [1.29, 1.82) is 0 Å². The Labute approximate surface area is 136 Å². The minimum atomic E-state index is -3.58. The van der Waals surface area contributed by atoms with Gasteiger partial charge >= 0.3 is 5.97 Å². The number of carbonyl (C=O) groups is 1. The van der Waals surface area contributed by atoms with Gasteiger partial charge in [0.1, 0.15) is 5.75 Å². The Morgan fingerprint density at radius 1 is 1.27 bits per heavy atom. The SMILES string of the molecule is CCCCN(CCS(=O)(=O)CC(=O)O)Cc1ccccc1Cl. The first-order valence-electron chi connectivity index (χ1n) is 7.22. The predicted molar refractivity (Wildman–Crippen MR) is 87.9 cm³/mol. The number of carboxylic acid groups (broad SMARTS) is 1. The number of nitrogens with zero attached hydrogens (tertiary/aromatic N) is 1. The second kappa shape index (κ2) is 9.12. The third-order valence-corrected chi connectivity index (χ3v) is 5.10. The van der Waals surface area contributed by atoms with Gasteiger partial charge in [-0.25, -0.2) is 8.42 Å². The summed E-state index contributed by atoms with van der Waals surface area (Å²) in [7, 11) is -3.58. The van der Waals surface area contributed by atoms with E-state index in [1.54, 1.807) is 6.07 Å². The number of rotatable bonds is 10. The number of carboxylic acids is 1. The molecule has 0 aliphatic heterocycles. The van der Waals surface area contributed by atoms with Crippen LogP contribution in [0.1, 0.15) is 25.3 Å². The van der Waals surface area contributed by atoms with Gasteiger partial charge in [0.15, 0.2) is 9.84 Å². The molecule has 1 aromatic rings. The lowest BCUT2D eigenvalue weighted by atomic mass is 10.2. The first-order valence-corrected chi connectivity index (χ1v) is 9.42. The van der Waals surface area contributed by atoms with Crippen LogP contribution >= 0.6 is 11.6 Å². The molecule has 124 valence electrons. The topological polar surface area (TPSA) is 74.7 Å². The van der Waals surface area contributed by atoms with Crippen molar-refractivity contribution >= 4 is 27.4 Å². The summed E-state index contributed by atoms with van der Waals surface area (Å²) in [6, 6.07) is 7.45. The summed E-state index contributed by atoms with van der Waals surface area (Å²) < 4.78 is 23.4. The molecule has 1 rings (SSSR count). The summed E-state index contributed by atoms with van der Waals surface area (Å²) in [6.07, 6.45) is 1.95. The first-order chi connectivity index (χ1) is 10.3. The van der Waals surface area contributed by atoms with Crippen molar-refractivity contribution in [1.82, 2.24) is 4.90 Å². The summed E-state index contributed by atoms with van der Waals surface area (Å²) in [5.74, 6) is -2.29. The van der Waals surface area contributed by atoms with Gasteiger partial charge in [-0.15, -0.1) is 0 Å². The maximum atomic E-state index is 11.7. The predicted octanol–water partition coefficient (Wildman–Crippen LogP) is 2.44. The van der Waals surface area contributed by atoms with E-state index in [0.717, 1.165) is 24.9 Å². The zero-order chi connectivity index (χ0) is 16.6. The molecule has 0 fully saturated rings. The number of benzene rings is 1.